The molecule has 0 aliphatic carbocycles. The first-order valence-corrected chi connectivity index (χ1v) is 9.76. The lowest BCUT2D eigenvalue weighted by Crippen LogP contribution is -2.05. The van der Waals surface area contributed by atoms with E-state index in [-0.39, 0.29) is 0 Å². The van der Waals surface area contributed by atoms with Gasteiger partial charge in [0.2, 0.25) is 0 Å². The van der Waals surface area contributed by atoms with Gasteiger partial charge in [-0.3, -0.25) is 0 Å². The van der Waals surface area contributed by atoms with Crippen LogP contribution < -0.4 is 10.1 Å². The molecule has 0 amide bonds. The van der Waals surface area contributed by atoms with Crippen LogP contribution in [0.5, 0.6) is 5.75 Å². The minimum Gasteiger partial charge on any atom is -0.489 e. The molecule has 0 heterocycles. The summed E-state index contributed by atoms with van der Waals surface area (Å²) in [5.74, 6) is 0.906. The fourth-order valence-corrected chi connectivity index (χ4v) is 3.45. The van der Waals surface area contributed by atoms with Crippen molar-refractivity contribution in [3.8, 4) is 5.75 Å². The second kappa shape index (κ2) is 8.37. The Balaban J connectivity index is 1.62. The number of fused-ring (bicyclic) bond motifs is 1. The Hall–Kier alpha value is -2.97. The SMILES string of the molecule is Cc1ccccc1COc1ccc2ccccc2c1CNc1ccc(Cl)cc1. The lowest BCUT2D eigenvalue weighted by molar-refractivity contribution is 0.303. The maximum atomic E-state index is 6.26. The van der Waals surface area contributed by atoms with E-state index in [0.29, 0.717) is 13.2 Å². The van der Waals surface area contributed by atoms with Crippen LogP contribution >= 0.6 is 11.6 Å². The summed E-state index contributed by atoms with van der Waals surface area (Å²) in [5, 5.41) is 6.63. The van der Waals surface area contributed by atoms with E-state index in [1.54, 1.807) is 0 Å². The third-order valence-corrected chi connectivity index (χ3v) is 5.21. The Morgan fingerprint density at radius 1 is 0.821 bits per heavy atom. The van der Waals surface area contributed by atoms with Crippen molar-refractivity contribution < 1.29 is 4.74 Å². The Kier molecular flexibility index (Phi) is 5.50. The van der Waals surface area contributed by atoms with Gasteiger partial charge in [0, 0.05) is 22.8 Å². The summed E-state index contributed by atoms with van der Waals surface area (Å²) >= 11 is 6.00. The number of hydrogen-bond acceptors (Lipinski definition) is 2. The topological polar surface area (TPSA) is 21.3 Å². The van der Waals surface area contributed by atoms with E-state index in [0.717, 1.165) is 22.0 Å². The van der Waals surface area contributed by atoms with E-state index in [4.69, 9.17) is 16.3 Å². The van der Waals surface area contributed by atoms with Crippen molar-refractivity contribution in [1.82, 2.24) is 0 Å². The standard InChI is InChI=1S/C25H22ClNO/c1-18-6-2-3-8-20(18)17-28-25-15-10-19-7-4-5-9-23(19)24(25)16-27-22-13-11-21(26)12-14-22/h2-15,27H,16-17H2,1H3. The van der Waals surface area contributed by atoms with Crippen LogP contribution in [0.4, 0.5) is 5.69 Å². The molecule has 4 aromatic carbocycles. The molecule has 1 N–H and O–H groups in total. The highest BCUT2D eigenvalue weighted by molar-refractivity contribution is 6.30. The van der Waals surface area contributed by atoms with Gasteiger partial charge in [0.15, 0.2) is 0 Å². The van der Waals surface area contributed by atoms with E-state index in [1.165, 1.54) is 21.9 Å². The van der Waals surface area contributed by atoms with Crippen LogP contribution in [-0.2, 0) is 13.2 Å². The average molecular weight is 388 g/mol. The molecule has 0 aliphatic heterocycles. The van der Waals surface area contributed by atoms with Crippen LogP contribution in [0.3, 0.4) is 0 Å². The Bertz CT molecular complexity index is 1090. The Labute approximate surface area is 170 Å². The Morgan fingerprint density at radius 3 is 2.39 bits per heavy atom. The van der Waals surface area contributed by atoms with E-state index < -0.39 is 0 Å². The summed E-state index contributed by atoms with van der Waals surface area (Å²) in [5.41, 5.74) is 4.63. The van der Waals surface area contributed by atoms with Crippen LogP contribution in [0.15, 0.2) is 84.9 Å². The van der Waals surface area contributed by atoms with Crippen molar-refractivity contribution in [3.63, 3.8) is 0 Å². The molecule has 0 atom stereocenters. The first kappa shape index (κ1) is 18.4. The summed E-state index contributed by atoms with van der Waals surface area (Å²) in [6, 6.07) is 28.7. The molecule has 0 bridgehead atoms. The van der Waals surface area contributed by atoms with Crippen molar-refractivity contribution in [3.05, 3.63) is 107 Å². The van der Waals surface area contributed by atoms with Crippen LogP contribution in [0.25, 0.3) is 10.8 Å². The first-order chi connectivity index (χ1) is 13.7. The highest BCUT2D eigenvalue weighted by Gasteiger charge is 2.10. The minimum atomic E-state index is 0.555. The van der Waals surface area contributed by atoms with E-state index >= 15 is 0 Å². The minimum absolute atomic E-state index is 0.555. The van der Waals surface area contributed by atoms with Crippen molar-refractivity contribution in [2.75, 3.05) is 5.32 Å². The molecule has 0 saturated heterocycles. The molecule has 4 aromatic rings. The third kappa shape index (κ3) is 4.13. The molecule has 140 valence electrons. The van der Waals surface area contributed by atoms with E-state index in [2.05, 4.69) is 72.9 Å². The van der Waals surface area contributed by atoms with Gasteiger partial charge in [-0.15, -0.1) is 0 Å². The highest BCUT2D eigenvalue weighted by Crippen LogP contribution is 2.30. The van der Waals surface area contributed by atoms with Crippen molar-refractivity contribution in [2.45, 2.75) is 20.1 Å². The average Bonchev–Trinajstić information content (AvgIpc) is 2.73. The molecule has 0 unspecified atom stereocenters. The molecule has 0 saturated carbocycles. The molecule has 0 fully saturated rings. The van der Waals surface area contributed by atoms with Gasteiger partial charge >= 0.3 is 0 Å². The number of benzene rings is 4. The van der Waals surface area contributed by atoms with Crippen LogP contribution in [0, 0.1) is 6.92 Å². The summed E-state index contributed by atoms with van der Waals surface area (Å²) in [6.07, 6.45) is 0. The van der Waals surface area contributed by atoms with Crippen molar-refractivity contribution >= 4 is 28.1 Å². The van der Waals surface area contributed by atoms with Crippen LogP contribution in [0.1, 0.15) is 16.7 Å². The predicted molar refractivity (Wildman–Crippen MR) is 118 cm³/mol. The normalized spacial score (nSPS) is 10.8. The second-order valence-corrected chi connectivity index (χ2v) is 7.28. The third-order valence-electron chi connectivity index (χ3n) is 4.96. The van der Waals surface area contributed by atoms with Gasteiger partial charge in [-0.2, -0.15) is 0 Å². The molecule has 0 aliphatic rings. The zero-order chi connectivity index (χ0) is 19.3. The Morgan fingerprint density at radius 2 is 1.57 bits per heavy atom. The van der Waals surface area contributed by atoms with Crippen molar-refractivity contribution in [2.24, 2.45) is 0 Å². The molecule has 2 nitrogen and oxygen atoms in total. The number of halogens is 1. The van der Waals surface area contributed by atoms with Gasteiger partial charge in [0.25, 0.3) is 0 Å². The van der Waals surface area contributed by atoms with Gasteiger partial charge in [-0.25, -0.2) is 0 Å². The summed E-state index contributed by atoms with van der Waals surface area (Å²) in [4.78, 5) is 0. The number of anilines is 1. The molecule has 28 heavy (non-hydrogen) atoms. The highest BCUT2D eigenvalue weighted by atomic mass is 35.5. The van der Waals surface area contributed by atoms with Gasteiger partial charge in [-0.05, 0) is 59.2 Å². The molecule has 4 rings (SSSR count). The van der Waals surface area contributed by atoms with E-state index in [9.17, 15) is 0 Å². The molecule has 0 aromatic heterocycles. The summed E-state index contributed by atoms with van der Waals surface area (Å²) in [6.45, 7) is 3.34. The number of aryl methyl sites for hydroxylation is 1. The van der Waals surface area contributed by atoms with E-state index in [1.807, 2.05) is 24.3 Å². The lowest BCUT2D eigenvalue weighted by Gasteiger charge is -2.16. The molecule has 0 spiro atoms. The largest absolute Gasteiger partial charge is 0.489 e. The van der Waals surface area contributed by atoms with Gasteiger partial charge in [0.05, 0.1) is 0 Å². The molecular formula is C25H22ClNO. The maximum absolute atomic E-state index is 6.26. The van der Waals surface area contributed by atoms with Gasteiger partial charge in [0.1, 0.15) is 12.4 Å². The molecular weight excluding hydrogens is 366 g/mol. The fraction of sp³-hybridized carbons (Fsp3) is 0.120. The fourth-order valence-electron chi connectivity index (χ4n) is 3.32. The predicted octanol–water partition coefficient (Wildman–Crippen LogP) is 6.99. The summed E-state index contributed by atoms with van der Waals surface area (Å²) < 4.78 is 6.26. The molecule has 3 heteroatoms. The monoisotopic (exact) mass is 387 g/mol. The van der Waals surface area contributed by atoms with Crippen molar-refractivity contribution in [1.29, 1.82) is 0 Å². The number of rotatable bonds is 6. The van der Waals surface area contributed by atoms with Gasteiger partial charge < -0.3 is 10.1 Å². The quantitative estimate of drug-likeness (QED) is 0.384. The zero-order valence-electron chi connectivity index (χ0n) is 15.8. The number of hydrogen-bond donors (Lipinski definition) is 1. The van der Waals surface area contributed by atoms with Crippen LogP contribution in [0.2, 0.25) is 5.02 Å². The second-order valence-electron chi connectivity index (χ2n) is 6.84. The zero-order valence-corrected chi connectivity index (χ0v) is 16.5. The smallest absolute Gasteiger partial charge is 0.125 e. The number of nitrogens with one attached hydrogen (secondary N) is 1. The first-order valence-electron chi connectivity index (χ1n) is 9.38. The maximum Gasteiger partial charge on any atom is 0.125 e. The van der Waals surface area contributed by atoms with Crippen LogP contribution in [-0.4, -0.2) is 0 Å². The summed E-state index contributed by atoms with van der Waals surface area (Å²) in [7, 11) is 0. The molecule has 0 radical (unpaired) electrons. The number of ether oxygens (including phenoxy) is 1. The van der Waals surface area contributed by atoms with Gasteiger partial charge in [-0.1, -0.05) is 66.2 Å². The lowest BCUT2D eigenvalue weighted by atomic mass is 10.0.